The number of carbonyl (C=O) groups is 1. The van der Waals surface area contributed by atoms with Crippen molar-refractivity contribution in [3.63, 3.8) is 0 Å². The van der Waals surface area contributed by atoms with Crippen LogP contribution in [0.1, 0.15) is 13.8 Å². The minimum absolute atomic E-state index is 0.318. The third-order valence-electron chi connectivity index (χ3n) is 1.54. The van der Waals surface area contributed by atoms with Gasteiger partial charge < -0.3 is 15.9 Å². The van der Waals surface area contributed by atoms with Gasteiger partial charge in [0.1, 0.15) is 5.57 Å². The third-order valence-corrected chi connectivity index (χ3v) is 1.54. The predicted molar refractivity (Wildman–Crippen MR) is 54.6 cm³/mol. The summed E-state index contributed by atoms with van der Waals surface area (Å²) in [4.78, 5) is 13.6. The summed E-state index contributed by atoms with van der Waals surface area (Å²) in [5.74, 6) is -1.83. The van der Waals surface area contributed by atoms with Crippen LogP contribution in [0.15, 0.2) is 16.8 Å². The van der Waals surface area contributed by atoms with Crippen LogP contribution in [0.3, 0.4) is 0 Å². The summed E-state index contributed by atoms with van der Waals surface area (Å²) in [6.45, 7) is 1.90. The molecule has 0 heterocycles. The first-order valence-corrected chi connectivity index (χ1v) is 4.48. The second-order valence-electron chi connectivity index (χ2n) is 3.86. The lowest BCUT2D eigenvalue weighted by Crippen LogP contribution is -2.32. The summed E-state index contributed by atoms with van der Waals surface area (Å²) >= 11 is 0. The molecule has 0 atom stereocenters. The fraction of sp³-hybridized carbons (Fsp3) is 0.556. The Morgan fingerprint density at radius 3 is 2.12 bits per heavy atom. The number of carboxylic acids is 1. The standard InChI is InChI=1S/C9H13F3N2O3/c1-8(2,17)4-14-6(9(10,11)12)5(3-13)7(15)16/h3,17H,4,13H2,1-2H3,(H,15,16)/b5-3+,14-6?. The summed E-state index contributed by atoms with van der Waals surface area (Å²) < 4.78 is 37.6. The van der Waals surface area contributed by atoms with Crippen LogP contribution in [0.5, 0.6) is 0 Å². The lowest BCUT2D eigenvalue weighted by molar-refractivity contribution is -0.132. The van der Waals surface area contributed by atoms with E-state index in [9.17, 15) is 23.1 Å². The number of halogens is 3. The average molecular weight is 254 g/mol. The van der Waals surface area contributed by atoms with Crippen LogP contribution < -0.4 is 5.73 Å². The SMILES string of the molecule is CC(C)(O)CN=C(/C(=C\N)C(=O)O)C(F)(F)F. The first kappa shape index (κ1) is 15.4. The maximum absolute atomic E-state index is 12.5. The molecule has 0 aliphatic rings. The summed E-state index contributed by atoms with van der Waals surface area (Å²) in [5, 5.41) is 17.8. The van der Waals surface area contributed by atoms with E-state index in [1.54, 1.807) is 0 Å². The molecule has 0 aliphatic heterocycles. The lowest BCUT2D eigenvalue weighted by atomic mass is 10.1. The molecule has 0 saturated heterocycles. The zero-order chi connectivity index (χ0) is 13.9. The summed E-state index contributed by atoms with van der Waals surface area (Å²) in [6.07, 6.45) is -4.63. The normalized spacial score (nSPS) is 14.9. The highest BCUT2D eigenvalue weighted by molar-refractivity contribution is 6.21. The van der Waals surface area contributed by atoms with Crippen molar-refractivity contribution in [2.24, 2.45) is 10.7 Å². The third kappa shape index (κ3) is 5.34. The molecular formula is C9H13F3N2O3. The molecule has 0 aliphatic carbocycles. The number of nitrogens with zero attached hydrogens (tertiary/aromatic N) is 1. The van der Waals surface area contributed by atoms with Crippen molar-refractivity contribution in [3.8, 4) is 0 Å². The second-order valence-corrected chi connectivity index (χ2v) is 3.86. The molecule has 5 nitrogen and oxygen atoms in total. The lowest BCUT2D eigenvalue weighted by Gasteiger charge is -2.16. The van der Waals surface area contributed by atoms with E-state index < -0.39 is 35.6 Å². The average Bonchev–Trinajstić information content (AvgIpc) is 2.07. The molecule has 0 aromatic carbocycles. The number of hydrogen-bond acceptors (Lipinski definition) is 4. The van der Waals surface area contributed by atoms with Crippen molar-refractivity contribution in [1.29, 1.82) is 0 Å². The molecular weight excluding hydrogens is 241 g/mol. The van der Waals surface area contributed by atoms with Crippen LogP contribution in [0, 0.1) is 0 Å². The number of nitrogens with two attached hydrogens (primary N) is 1. The number of aliphatic carboxylic acids is 1. The highest BCUT2D eigenvalue weighted by atomic mass is 19.4. The molecule has 17 heavy (non-hydrogen) atoms. The number of hydrogen-bond donors (Lipinski definition) is 3. The first-order chi connectivity index (χ1) is 7.49. The van der Waals surface area contributed by atoms with Gasteiger partial charge in [0.2, 0.25) is 0 Å². The van der Waals surface area contributed by atoms with E-state index in [4.69, 9.17) is 10.8 Å². The Balaban J connectivity index is 5.38. The second kappa shape index (κ2) is 5.17. The Bertz CT molecular complexity index is 353. The predicted octanol–water partition coefficient (Wildman–Crippen LogP) is 0.688. The summed E-state index contributed by atoms with van der Waals surface area (Å²) in [6, 6.07) is 0. The van der Waals surface area contributed by atoms with Crippen LogP contribution in [0.2, 0.25) is 0 Å². The number of rotatable bonds is 4. The summed E-state index contributed by atoms with van der Waals surface area (Å²) in [5.41, 5.74) is 0.580. The van der Waals surface area contributed by atoms with Crippen molar-refractivity contribution in [1.82, 2.24) is 0 Å². The molecule has 0 unspecified atom stereocenters. The van der Waals surface area contributed by atoms with E-state index in [2.05, 4.69) is 4.99 Å². The van der Waals surface area contributed by atoms with Crippen LogP contribution in [0.4, 0.5) is 13.2 Å². The highest BCUT2D eigenvalue weighted by Gasteiger charge is 2.40. The van der Waals surface area contributed by atoms with Crippen molar-refractivity contribution < 1.29 is 28.2 Å². The fourth-order valence-corrected chi connectivity index (χ4v) is 0.852. The molecule has 98 valence electrons. The minimum Gasteiger partial charge on any atom is -0.478 e. The van der Waals surface area contributed by atoms with Crippen LogP contribution in [0.25, 0.3) is 0 Å². The van der Waals surface area contributed by atoms with Gasteiger partial charge in [0.15, 0.2) is 5.71 Å². The molecule has 0 aromatic heterocycles. The molecule has 0 bridgehead atoms. The van der Waals surface area contributed by atoms with E-state index in [0.29, 0.717) is 6.20 Å². The van der Waals surface area contributed by atoms with E-state index >= 15 is 0 Å². The highest BCUT2D eigenvalue weighted by Crippen LogP contribution is 2.23. The Labute approximate surface area is 95.5 Å². The number of aliphatic imine (C=N–C) groups is 1. The van der Waals surface area contributed by atoms with Gasteiger partial charge in [-0.25, -0.2) is 4.79 Å². The molecule has 0 spiro atoms. The van der Waals surface area contributed by atoms with Crippen molar-refractivity contribution in [2.75, 3.05) is 6.54 Å². The monoisotopic (exact) mass is 254 g/mol. The van der Waals surface area contributed by atoms with E-state index in [0.717, 1.165) is 0 Å². The van der Waals surface area contributed by atoms with Crippen molar-refractivity contribution in [2.45, 2.75) is 25.6 Å². The number of aliphatic hydroxyl groups is 1. The van der Waals surface area contributed by atoms with Gasteiger partial charge in [0.05, 0.1) is 12.1 Å². The largest absolute Gasteiger partial charge is 0.478 e. The molecule has 8 heteroatoms. The Kier molecular flexibility index (Phi) is 4.70. The van der Waals surface area contributed by atoms with Gasteiger partial charge in [0.25, 0.3) is 0 Å². The zero-order valence-electron chi connectivity index (χ0n) is 9.25. The van der Waals surface area contributed by atoms with E-state index in [1.165, 1.54) is 13.8 Å². The van der Waals surface area contributed by atoms with Crippen molar-refractivity contribution >= 4 is 11.7 Å². The maximum atomic E-state index is 12.5. The van der Waals surface area contributed by atoms with Gasteiger partial charge >= 0.3 is 12.1 Å². The topological polar surface area (TPSA) is 95.9 Å². The first-order valence-electron chi connectivity index (χ1n) is 4.48. The van der Waals surface area contributed by atoms with Gasteiger partial charge in [-0.2, -0.15) is 13.2 Å². The maximum Gasteiger partial charge on any atom is 0.433 e. The Morgan fingerprint density at radius 1 is 1.41 bits per heavy atom. The van der Waals surface area contributed by atoms with E-state index in [-0.39, 0.29) is 0 Å². The molecule has 4 N–H and O–H groups in total. The van der Waals surface area contributed by atoms with Crippen molar-refractivity contribution in [3.05, 3.63) is 11.8 Å². The van der Waals surface area contributed by atoms with Gasteiger partial charge in [-0.15, -0.1) is 0 Å². The summed E-state index contributed by atoms with van der Waals surface area (Å²) in [7, 11) is 0. The van der Waals surface area contributed by atoms with Gasteiger partial charge in [-0.1, -0.05) is 0 Å². The molecule has 0 amide bonds. The van der Waals surface area contributed by atoms with Gasteiger partial charge in [0, 0.05) is 6.20 Å². The van der Waals surface area contributed by atoms with Crippen LogP contribution >= 0.6 is 0 Å². The molecule has 0 aromatic rings. The quantitative estimate of drug-likeness (QED) is 0.508. The van der Waals surface area contributed by atoms with Gasteiger partial charge in [-0.3, -0.25) is 4.99 Å². The number of alkyl halides is 3. The fourth-order valence-electron chi connectivity index (χ4n) is 0.852. The minimum atomic E-state index is -4.95. The van der Waals surface area contributed by atoms with Crippen LogP contribution in [-0.4, -0.2) is 40.2 Å². The molecule has 0 fully saturated rings. The van der Waals surface area contributed by atoms with E-state index in [1.807, 2.05) is 0 Å². The number of carboxylic acid groups (broad SMARTS) is 1. The Hall–Kier alpha value is -1.57. The van der Waals surface area contributed by atoms with Crippen LogP contribution in [-0.2, 0) is 4.79 Å². The zero-order valence-corrected chi connectivity index (χ0v) is 9.25. The molecule has 0 saturated carbocycles. The molecule has 0 radical (unpaired) electrons. The smallest absolute Gasteiger partial charge is 0.433 e. The Morgan fingerprint density at radius 2 is 1.88 bits per heavy atom. The molecule has 0 rings (SSSR count). The van der Waals surface area contributed by atoms with Gasteiger partial charge in [-0.05, 0) is 13.8 Å².